The maximum atomic E-state index is 13.6. The lowest BCUT2D eigenvalue weighted by atomic mass is 9.64. The van der Waals surface area contributed by atoms with E-state index in [1.165, 1.54) is 6.07 Å². The zero-order valence-corrected chi connectivity index (χ0v) is 12.7. The number of aliphatic hydroxyl groups excluding tert-OH is 1. The third-order valence-corrected chi connectivity index (χ3v) is 4.44. The first-order chi connectivity index (χ1) is 9.87. The van der Waals surface area contributed by atoms with Gasteiger partial charge in [-0.05, 0) is 25.5 Å². The molecule has 0 saturated heterocycles. The predicted octanol–water partition coefficient (Wildman–Crippen LogP) is 2.79. The molecule has 0 aliphatic heterocycles. The van der Waals surface area contributed by atoms with Crippen LogP contribution in [0.4, 0.5) is 8.78 Å². The standard InChI is InChI=1S/C16H23F2NO2/c1-4-21-14-8-13(16(14,2)3)19-9-12(20)15-10(17)6-5-7-11(15)18/h5-7,12-14,19-20H,4,8-9H2,1-3H3. The minimum atomic E-state index is -1.20. The molecule has 2 N–H and O–H groups in total. The maximum absolute atomic E-state index is 13.6. The summed E-state index contributed by atoms with van der Waals surface area (Å²) in [5.74, 6) is -1.44. The SMILES string of the molecule is CCOC1CC(NCC(O)c2c(F)cccc2F)C1(C)C. The monoisotopic (exact) mass is 299 g/mol. The lowest BCUT2D eigenvalue weighted by molar-refractivity contribution is -0.115. The molecule has 2 rings (SSSR count). The molecule has 3 atom stereocenters. The fourth-order valence-electron chi connectivity index (χ4n) is 2.90. The number of nitrogens with one attached hydrogen (secondary N) is 1. The Morgan fingerprint density at radius 2 is 2.00 bits per heavy atom. The summed E-state index contributed by atoms with van der Waals surface area (Å²) < 4.78 is 32.8. The molecule has 0 amide bonds. The molecule has 21 heavy (non-hydrogen) atoms. The van der Waals surface area contributed by atoms with Crippen molar-refractivity contribution in [3.63, 3.8) is 0 Å². The summed E-state index contributed by atoms with van der Waals surface area (Å²) in [7, 11) is 0. The van der Waals surface area contributed by atoms with Gasteiger partial charge in [0.25, 0.3) is 0 Å². The Balaban J connectivity index is 1.92. The molecule has 0 aromatic heterocycles. The Labute approximate surface area is 124 Å². The van der Waals surface area contributed by atoms with Gasteiger partial charge in [-0.3, -0.25) is 0 Å². The van der Waals surface area contributed by atoms with E-state index in [-0.39, 0.29) is 29.7 Å². The normalized spacial score (nSPS) is 25.4. The molecule has 1 aromatic rings. The van der Waals surface area contributed by atoms with Crippen LogP contribution < -0.4 is 5.32 Å². The van der Waals surface area contributed by atoms with E-state index in [9.17, 15) is 13.9 Å². The van der Waals surface area contributed by atoms with Crippen LogP contribution in [0, 0.1) is 17.0 Å². The molecule has 1 aromatic carbocycles. The molecule has 0 radical (unpaired) electrons. The van der Waals surface area contributed by atoms with Crippen molar-refractivity contribution in [3.05, 3.63) is 35.4 Å². The van der Waals surface area contributed by atoms with Gasteiger partial charge in [-0.25, -0.2) is 8.78 Å². The van der Waals surface area contributed by atoms with E-state index in [4.69, 9.17) is 4.74 Å². The van der Waals surface area contributed by atoms with Gasteiger partial charge in [-0.2, -0.15) is 0 Å². The van der Waals surface area contributed by atoms with Crippen molar-refractivity contribution in [2.45, 2.75) is 45.4 Å². The number of aliphatic hydroxyl groups is 1. The first-order valence-corrected chi connectivity index (χ1v) is 7.34. The number of rotatable bonds is 6. The Morgan fingerprint density at radius 1 is 1.38 bits per heavy atom. The first kappa shape index (κ1) is 16.3. The van der Waals surface area contributed by atoms with Gasteiger partial charge < -0.3 is 15.2 Å². The molecule has 3 unspecified atom stereocenters. The van der Waals surface area contributed by atoms with E-state index < -0.39 is 17.7 Å². The molecule has 0 spiro atoms. The molecule has 0 bridgehead atoms. The minimum absolute atomic E-state index is 0.0521. The van der Waals surface area contributed by atoms with Gasteiger partial charge in [0, 0.05) is 24.6 Å². The van der Waals surface area contributed by atoms with Crippen LogP contribution in [0.1, 0.15) is 38.9 Å². The van der Waals surface area contributed by atoms with Gasteiger partial charge in [0.15, 0.2) is 0 Å². The lowest BCUT2D eigenvalue weighted by Crippen LogP contribution is -2.61. The Morgan fingerprint density at radius 3 is 2.52 bits per heavy atom. The van der Waals surface area contributed by atoms with Gasteiger partial charge in [-0.1, -0.05) is 19.9 Å². The zero-order valence-electron chi connectivity index (χ0n) is 12.7. The average Bonchev–Trinajstić information content (AvgIpc) is 2.41. The van der Waals surface area contributed by atoms with Crippen molar-refractivity contribution in [2.75, 3.05) is 13.2 Å². The van der Waals surface area contributed by atoms with E-state index >= 15 is 0 Å². The van der Waals surface area contributed by atoms with Crippen molar-refractivity contribution in [1.82, 2.24) is 5.32 Å². The molecular weight excluding hydrogens is 276 g/mol. The molecule has 1 fully saturated rings. The van der Waals surface area contributed by atoms with Crippen LogP contribution >= 0.6 is 0 Å². The summed E-state index contributed by atoms with van der Waals surface area (Å²) in [4.78, 5) is 0. The first-order valence-electron chi connectivity index (χ1n) is 7.34. The zero-order chi connectivity index (χ0) is 15.6. The van der Waals surface area contributed by atoms with E-state index in [1.807, 2.05) is 6.92 Å². The number of hydrogen-bond acceptors (Lipinski definition) is 3. The van der Waals surface area contributed by atoms with Gasteiger partial charge in [-0.15, -0.1) is 0 Å². The Hall–Kier alpha value is -1.04. The molecule has 1 saturated carbocycles. The highest BCUT2D eigenvalue weighted by atomic mass is 19.1. The molecule has 5 heteroatoms. The summed E-state index contributed by atoms with van der Waals surface area (Å²) in [6.45, 7) is 6.92. The van der Waals surface area contributed by atoms with Crippen molar-refractivity contribution in [3.8, 4) is 0 Å². The summed E-state index contributed by atoms with van der Waals surface area (Å²) in [5, 5.41) is 13.2. The maximum Gasteiger partial charge on any atom is 0.131 e. The van der Waals surface area contributed by atoms with Gasteiger partial charge in [0.1, 0.15) is 11.6 Å². The number of hydrogen-bond donors (Lipinski definition) is 2. The summed E-state index contributed by atoms with van der Waals surface area (Å²) >= 11 is 0. The third-order valence-electron chi connectivity index (χ3n) is 4.44. The highest BCUT2D eigenvalue weighted by Gasteiger charge is 2.48. The summed E-state index contributed by atoms with van der Waals surface area (Å²) in [6, 6.07) is 3.76. The third kappa shape index (κ3) is 3.25. The second-order valence-electron chi connectivity index (χ2n) is 6.11. The largest absolute Gasteiger partial charge is 0.387 e. The molecule has 3 nitrogen and oxygen atoms in total. The van der Waals surface area contributed by atoms with E-state index in [1.54, 1.807) is 0 Å². The lowest BCUT2D eigenvalue weighted by Gasteiger charge is -2.52. The van der Waals surface area contributed by atoms with Crippen LogP contribution in [0.5, 0.6) is 0 Å². The second-order valence-corrected chi connectivity index (χ2v) is 6.11. The van der Waals surface area contributed by atoms with Crippen molar-refractivity contribution in [2.24, 2.45) is 5.41 Å². The van der Waals surface area contributed by atoms with Crippen LogP contribution in [-0.2, 0) is 4.74 Å². The van der Waals surface area contributed by atoms with Crippen molar-refractivity contribution in [1.29, 1.82) is 0 Å². The van der Waals surface area contributed by atoms with E-state index in [0.717, 1.165) is 18.6 Å². The highest BCUT2D eigenvalue weighted by molar-refractivity contribution is 5.22. The molecule has 0 heterocycles. The van der Waals surface area contributed by atoms with Gasteiger partial charge >= 0.3 is 0 Å². The van der Waals surface area contributed by atoms with Crippen molar-refractivity contribution < 1.29 is 18.6 Å². The summed E-state index contributed by atoms with van der Waals surface area (Å²) in [5.41, 5.74) is -0.327. The van der Waals surface area contributed by atoms with Crippen LogP contribution in [0.15, 0.2) is 18.2 Å². The highest BCUT2D eigenvalue weighted by Crippen LogP contribution is 2.42. The number of benzene rings is 1. The fraction of sp³-hybridized carbons (Fsp3) is 0.625. The van der Waals surface area contributed by atoms with Crippen LogP contribution in [0.25, 0.3) is 0 Å². The molecule has 118 valence electrons. The Bertz CT molecular complexity index is 473. The molecule has 1 aliphatic rings. The van der Waals surface area contributed by atoms with Crippen LogP contribution in [0.3, 0.4) is 0 Å². The van der Waals surface area contributed by atoms with E-state index in [0.29, 0.717) is 6.61 Å². The van der Waals surface area contributed by atoms with Gasteiger partial charge in [0.05, 0.1) is 17.8 Å². The van der Waals surface area contributed by atoms with Crippen LogP contribution in [-0.4, -0.2) is 30.4 Å². The number of ether oxygens (including phenoxy) is 1. The Kier molecular flexibility index (Phi) is 4.96. The van der Waals surface area contributed by atoms with Crippen LogP contribution in [0.2, 0.25) is 0 Å². The van der Waals surface area contributed by atoms with E-state index in [2.05, 4.69) is 19.2 Å². The topological polar surface area (TPSA) is 41.5 Å². The quantitative estimate of drug-likeness (QED) is 0.849. The van der Waals surface area contributed by atoms with Crippen molar-refractivity contribution >= 4 is 0 Å². The second kappa shape index (κ2) is 6.38. The average molecular weight is 299 g/mol. The number of halogens is 2. The molecular formula is C16H23F2NO2. The van der Waals surface area contributed by atoms with Gasteiger partial charge in [0.2, 0.25) is 0 Å². The molecule has 1 aliphatic carbocycles. The predicted molar refractivity (Wildman–Crippen MR) is 76.9 cm³/mol. The summed E-state index contributed by atoms with van der Waals surface area (Å²) in [6.07, 6.45) is -0.177. The smallest absolute Gasteiger partial charge is 0.131 e. The minimum Gasteiger partial charge on any atom is -0.387 e. The fourth-order valence-corrected chi connectivity index (χ4v) is 2.90.